The highest BCUT2D eigenvalue weighted by molar-refractivity contribution is 5.71. The molecular formula is C71H132O6. The molecule has 0 N–H and O–H groups in total. The van der Waals surface area contributed by atoms with Crippen molar-refractivity contribution in [2.75, 3.05) is 13.2 Å². The summed E-state index contributed by atoms with van der Waals surface area (Å²) in [5, 5.41) is 0. The smallest absolute Gasteiger partial charge is 0.306 e. The van der Waals surface area contributed by atoms with Gasteiger partial charge in [-0.3, -0.25) is 14.4 Å². The molecule has 0 aromatic rings. The molecule has 452 valence electrons. The minimum Gasteiger partial charge on any atom is -0.462 e. The minimum atomic E-state index is -0.772. The lowest BCUT2D eigenvalue weighted by Gasteiger charge is -2.18. The fraction of sp³-hybridized carbons (Fsp3) is 0.873. The molecule has 0 aliphatic carbocycles. The number of carbonyl (C=O) groups excluding carboxylic acids is 3. The Morgan fingerprint density at radius 2 is 0.468 bits per heavy atom. The molecule has 6 nitrogen and oxygen atoms in total. The summed E-state index contributed by atoms with van der Waals surface area (Å²) < 4.78 is 17.0. The SMILES string of the molecule is CCCCCCC/C=C\C/C=C\C/C=C\CCCCCCCCCCC(=O)OCC(COC(=O)CCCCCCCCCCCCCCCC)OC(=O)CCCCCCCCCCCCCCCCCCCCCCCC. The Morgan fingerprint density at radius 1 is 0.260 bits per heavy atom. The average molecular weight is 1080 g/mol. The van der Waals surface area contributed by atoms with Gasteiger partial charge < -0.3 is 14.2 Å². The summed E-state index contributed by atoms with van der Waals surface area (Å²) in [4.78, 5) is 38.4. The minimum absolute atomic E-state index is 0.0686. The third-order valence-electron chi connectivity index (χ3n) is 15.6. The quantitative estimate of drug-likeness (QED) is 0.0261. The maximum atomic E-state index is 12.9. The number of unbranched alkanes of at least 4 members (excludes halogenated alkanes) is 47. The predicted molar refractivity (Wildman–Crippen MR) is 335 cm³/mol. The molecule has 0 spiro atoms. The zero-order valence-electron chi connectivity index (χ0n) is 52.0. The third-order valence-corrected chi connectivity index (χ3v) is 15.6. The molecule has 6 heteroatoms. The molecule has 0 radical (unpaired) electrons. The van der Waals surface area contributed by atoms with Crippen LogP contribution in [0, 0.1) is 0 Å². The van der Waals surface area contributed by atoms with Crippen molar-refractivity contribution in [2.24, 2.45) is 0 Å². The summed E-state index contributed by atoms with van der Waals surface area (Å²) >= 11 is 0. The molecule has 0 heterocycles. The van der Waals surface area contributed by atoms with E-state index >= 15 is 0 Å². The lowest BCUT2D eigenvalue weighted by atomic mass is 10.0. The van der Waals surface area contributed by atoms with Crippen LogP contribution in [0.25, 0.3) is 0 Å². The van der Waals surface area contributed by atoms with Crippen molar-refractivity contribution in [3.63, 3.8) is 0 Å². The van der Waals surface area contributed by atoms with Crippen LogP contribution in [0.3, 0.4) is 0 Å². The number of hydrogen-bond acceptors (Lipinski definition) is 6. The van der Waals surface area contributed by atoms with Crippen molar-refractivity contribution < 1.29 is 28.6 Å². The van der Waals surface area contributed by atoms with Gasteiger partial charge in [0.2, 0.25) is 0 Å². The summed E-state index contributed by atoms with van der Waals surface area (Å²) in [6.07, 6.45) is 81.6. The van der Waals surface area contributed by atoms with Gasteiger partial charge in [0.15, 0.2) is 6.10 Å². The van der Waals surface area contributed by atoms with E-state index in [0.717, 1.165) is 77.0 Å². The van der Waals surface area contributed by atoms with Gasteiger partial charge in [-0.05, 0) is 57.8 Å². The van der Waals surface area contributed by atoms with Crippen LogP contribution in [0.1, 0.15) is 380 Å². The van der Waals surface area contributed by atoms with E-state index < -0.39 is 6.10 Å². The van der Waals surface area contributed by atoms with Crippen molar-refractivity contribution in [1.29, 1.82) is 0 Å². The Hall–Kier alpha value is -2.37. The summed E-state index contributed by atoms with van der Waals surface area (Å²) in [6.45, 7) is 6.70. The van der Waals surface area contributed by atoms with Gasteiger partial charge in [0.25, 0.3) is 0 Å². The van der Waals surface area contributed by atoms with Gasteiger partial charge in [-0.25, -0.2) is 0 Å². The molecular weight excluding hydrogens is 949 g/mol. The zero-order chi connectivity index (χ0) is 55.7. The zero-order valence-corrected chi connectivity index (χ0v) is 52.0. The highest BCUT2D eigenvalue weighted by atomic mass is 16.6. The molecule has 0 aliphatic rings. The monoisotopic (exact) mass is 1080 g/mol. The molecule has 0 saturated heterocycles. The second-order valence-corrected chi connectivity index (χ2v) is 23.5. The van der Waals surface area contributed by atoms with Crippen LogP contribution in [0.5, 0.6) is 0 Å². The first-order valence-corrected chi connectivity index (χ1v) is 34.5. The molecule has 1 unspecified atom stereocenters. The van der Waals surface area contributed by atoms with E-state index in [1.165, 1.54) is 263 Å². The van der Waals surface area contributed by atoms with Gasteiger partial charge in [0.05, 0.1) is 0 Å². The first kappa shape index (κ1) is 74.6. The van der Waals surface area contributed by atoms with Crippen molar-refractivity contribution >= 4 is 17.9 Å². The normalized spacial score (nSPS) is 12.2. The van der Waals surface area contributed by atoms with Crippen LogP contribution in [0.4, 0.5) is 0 Å². The van der Waals surface area contributed by atoms with Crippen molar-refractivity contribution in [3.8, 4) is 0 Å². The summed E-state index contributed by atoms with van der Waals surface area (Å²) in [7, 11) is 0. The Bertz CT molecular complexity index is 1290. The van der Waals surface area contributed by atoms with Crippen LogP contribution in [0.2, 0.25) is 0 Å². The van der Waals surface area contributed by atoms with Crippen LogP contribution in [0.15, 0.2) is 36.5 Å². The summed E-state index contributed by atoms with van der Waals surface area (Å²) in [5.41, 5.74) is 0. The Kier molecular flexibility index (Phi) is 64.1. The summed E-state index contributed by atoms with van der Waals surface area (Å²) in [6, 6.07) is 0. The fourth-order valence-electron chi connectivity index (χ4n) is 10.5. The molecule has 0 aromatic carbocycles. The molecule has 1 atom stereocenters. The third kappa shape index (κ3) is 64.3. The van der Waals surface area contributed by atoms with Crippen LogP contribution < -0.4 is 0 Å². The average Bonchev–Trinajstić information content (AvgIpc) is 3.43. The van der Waals surface area contributed by atoms with Gasteiger partial charge in [0.1, 0.15) is 13.2 Å². The Labute approximate surface area is 480 Å². The molecule has 0 fully saturated rings. The molecule has 0 saturated carbocycles. The maximum Gasteiger partial charge on any atom is 0.306 e. The molecule has 0 aliphatic heterocycles. The number of allylic oxidation sites excluding steroid dienone is 6. The number of carbonyl (C=O) groups is 3. The standard InChI is InChI=1S/C71H132O6/c1-4-7-10-13-16-19-22-25-28-30-32-34-36-38-39-41-43-46-49-52-55-58-61-64-70(73)76-67-68(66-75-69(72)63-60-57-54-51-48-45-27-24-21-18-15-12-9-6-3)77-71(74)65-62-59-56-53-50-47-44-42-40-37-35-33-31-29-26-23-20-17-14-11-8-5-2/h22,25,30,32,36,38,68H,4-21,23-24,26-29,31,33-35,37,39-67H2,1-3H3/b25-22-,32-30-,38-36-. The largest absolute Gasteiger partial charge is 0.462 e. The van der Waals surface area contributed by atoms with Gasteiger partial charge in [-0.15, -0.1) is 0 Å². The molecule has 0 aromatic heterocycles. The van der Waals surface area contributed by atoms with E-state index in [1.807, 2.05) is 0 Å². The fourth-order valence-corrected chi connectivity index (χ4v) is 10.5. The molecule has 0 rings (SSSR count). The Morgan fingerprint density at radius 3 is 0.727 bits per heavy atom. The second kappa shape index (κ2) is 66.1. The highest BCUT2D eigenvalue weighted by Crippen LogP contribution is 2.18. The first-order valence-electron chi connectivity index (χ1n) is 34.5. The second-order valence-electron chi connectivity index (χ2n) is 23.5. The highest BCUT2D eigenvalue weighted by Gasteiger charge is 2.19. The molecule has 0 bridgehead atoms. The van der Waals surface area contributed by atoms with Crippen LogP contribution >= 0.6 is 0 Å². The summed E-state index contributed by atoms with van der Waals surface area (Å²) in [5.74, 6) is -0.846. The van der Waals surface area contributed by atoms with Gasteiger partial charge in [0, 0.05) is 19.3 Å². The van der Waals surface area contributed by atoms with E-state index in [4.69, 9.17) is 14.2 Å². The number of rotatable bonds is 64. The predicted octanol–water partition coefficient (Wildman–Crippen LogP) is 23.6. The van der Waals surface area contributed by atoms with Crippen LogP contribution in [-0.2, 0) is 28.6 Å². The van der Waals surface area contributed by atoms with E-state index in [0.29, 0.717) is 19.3 Å². The van der Waals surface area contributed by atoms with Crippen LogP contribution in [-0.4, -0.2) is 37.2 Å². The van der Waals surface area contributed by atoms with E-state index in [1.54, 1.807) is 0 Å². The van der Waals surface area contributed by atoms with E-state index in [-0.39, 0.29) is 31.1 Å². The number of esters is 3. The van der Waals surface area contributed by atoms with E-state index in [9.17, 15) is 14.4 Å². The van der Waals surface area contributed by atoms with Crippen molar-refractivity contribution in [1.82, 2.24) is 0 Å². The first-order chi connectivity index (χ1) is 38.0. The van der Waals surface area contributed by atoms with Crippen molar-refractivity contribution in [3.05, 3.63) is 36.5 Å². The Balaban J connectivity index is 4.29. The van der Waals surface area contributed by atoms with Gasteiger partial charge in [-0.1, -0.05) is 340 Å². The van der Waals surface area contributed by atoms with E-state index in [2.05, 4.69) is 57.2 Å². The van der Waals surface area contributed by atoms with Crippen molar-refractivity contribution in [2.45, 2.75) is 386 Å². The van der Waals surface area contributed by atoms with Gasteiger partial charge in [-0.2, -0.15) is 0 Å². The molecule has 0 amide bonds. The lowest BCUT2D eigenvalue weighted by molar-refractivity contribution is -0.167. The number of ether oxygens (including phenoxy) is 3. The molecule has 77 heavy (non-hydrogen) atoms. The lowest BCUT2D eigenvalue weighted by Crippen LogP contribution is -2.30. The maximum absolute atomic E-state index is 12.9. The van der Waals surface area contributed by atoms with Gasteiger partial charge >= 0.3 is 17.9 Å². The number of hydrogen-bond donors (Lipinski definition) is 0. The topological polar surface area (TPSA) is 78.9 Å².